The Morgan fingerprint density at radius 1 is 0.935 bits per heavy atom. The van der Waals surface area contributed by atoms with Gasteiger partial charge in [-0.05, 0) is 48.1 Å². The van der Waals surface area contributed by atoms with Crippen molar-refractivity contribution in [2.75, 3.05) is 0 Å². The maximum absolute atomic E-state index is 12.9. The van der Waals surface area contributed by atoms with E-state index in [2.05, 4.69) is 4.99 Å². The van der Waals surface area contributed by atoms with Gasteiger partial charge in [0.1, 0.15) is 6.29 Å². The van der Waals surface area contributed by atoms with Crippen LogP contribution < -0.4 is 0 Å². The Balaban J connectivity index is 1.81. The molecule has 0 N–H and O–H groups in total. The van der Waals surface area contributed by atoms with Gasteiger partial charge in [-0.15, -0.1) is 0 Å². The molecule has 3 aromatic rings. The summed E-state index contributed by atoms with van der Waals surface area (Å²) in [6, 6.07) is 27.3. The fourth-order valence-corrected chi connectivity index (χ4v) is 3.73. The SMILES string of the molecule is Cc1ccc(/C(C[C@@H](CC=O)c2ccccc2)=C2\N=C(c3ccccc3)OC2=O)cc1. The van der Waals surface area contributed by atoms with Crippen molar-refractivity contribution in [1.29, 1.82) is 0 Å². The minimum atomic E-state index is -0.465. The zero-order chi connectivity index (χ0) is 21.6. The number of carbonyl (C=O) groups is 2. The molecule has 4 heteroatoms. The summed E-state index contributed by atoms with van der Waals surface area (Å²) in [5.74, 6) is -0.226. The topological polar surface area (TPSA) is 55.7 Å². The number of ether oxygens (including phenoxy) is 1. The van der Waals surface area contributed by atoms with Crippen LogP contribution in [0.4, 0.5) is 0 Å². The van der Waals surface area contributed by atoms with Crippen LogP contribution in [-0.2, 0) is 14.3 Å². The summed E-state index contributed by atoms with van der Waals surface area (Å²) in [5.41, 5.74) is 4.92. The van der Waals surface area contributed by atoms with Gasteiger partial charge >= 0.3 is 5.97 Å². The molecule has 0 fully saturated rings. The number of allylic oxidation sites excluding steroid dienone is 1. The van der Waals surface area contributed by atoms with E-state index in [1.807, 2.05) is 91.9 Å². The van der Waals surface area contributed by atoms with Gasteiger partial charge in [0.25, 0.3) is 0 Å². The molecule has 1 aliphatic rings. The third-order valence-corrected chi connectivity index (χ3v) is 5.40. The highest BCUT2D eigenvalue weighted by Crippen LogP contribution is 2.35. The lowest BCUT2D eigenvalue weighted by Gasteiger charge is -2.18. The molecule has 0 saturated carbocycles. The number of hydrogen-bond acceptors (Lipinski definition) is 4. The average molecular weight is 409 g/mol. The summed E-state index contributed by atoms with van der Waals surface area (Å²) in [5, 5.41) is 0. The van der Waals surface area contributed by atoms with Gasteiger partial charge in [0.2, 0.25) is 5.90 Å². The monoisotopic (exact) mass is 409 g/mol. The molecule has 0 aromatic heterocycles. The van der Waals surface area contributed by atoms with Gasteiger partial charge in [-0.25, -0.2) is 9.79 Å². The number of hydrogen-bond donors (Lipinski definition) is 0. The van der Waals surface area contributed by atoms with Crippen LogP contribution in [0.5, 0.6) is 0 Å². The first-order chi connectivity index (χ1) is 15.2. The molecule has 4 nitrogen and oxygen atoms in total. The number of rotatable bonds is 7. The van der Waals surface area contributed by atoms with E-state index in [-0.39, 0.29) is 5.92 Å². The zero-order valence-electron chi connectivity index (χ0n) is 17.3. The Labute approximate surface area is 181 Å². The van der Waals surface area contributed by atoms with Crippen molar-refractivity contribution in [2.24, 2.45) is 4.99 Å². The molecule has 0 aliphatic carbocycles. The second-order valence-corrected chi connectivity index (χ2v) is 7.58. The number of carbonyl (C=O) groups excluding carboxylic acids is 2. The second kappa shape index (κ2) is 9.35. The summed E-state index contributed by atoms with van der Waals surface area (Å²) in [6.45, 7) is 2.02. The van der Waals surface area contributed by atoms with E-state index in [9.17, 15) is 9.59 Å². The highest BCUT2D eigenvalue weighted by atomic mass is 16.6. The van der Waals surface area contributed by atoms with E-state index in [1.165, 1.54) is 0 Å². The number of benzene rings is 3. The van der Waals surface area contributed by atoms with Crippen molar-refractivity contribution < 1.29 is 14.3 Å². The molecule has 4 rings (SSSR count). The van der Waals surface area contributed by atoms with Gasteiger partial charge < -0.3 is 9.53 Å². The van der Waals surface area contributed by atoms with Crippen LogP contribution in [0.2, 0.25) is 0 Å². The van der Waals surface area contributed by atoms with E-state index in [0.29, 0.717) is 24.4 Å². The van der Waals surface area contributed by atoms with Crippen molar-refractivity contribution in [3.05, 3.63) is 113 Å². The van der Waals surface area contributed by atoms with Gasteiger partial charge in [-0.1, -0.05) is 78.4 Å². The summed E-state index contributed by atoms with van der Waals surface area (Å²) in [6.07, 6.45) is 1.79. The Bertz CT molecular complexity index is 1130. The maximum Gasteiger partial charge on any atom is 0.364 e. The highest BCUT2D eigenvalue weighted by molar-refractivity contribution is 6.14. The molecule has 154 valence electrons. The number of aryl methyl sites for hydroxylation is 1. The van der Waals surface area contributed by atoms with Crippen LogP contribution in [0, 0.1) is 6.92 Å². The first-order valence-electron chi connectivity index (χ1n) is 10.3. The normalized spacial score (nSPS) is 15.8. The van der Waals surface area contributed by atoms with E-state index in [1.54, 1.807) is 0 Å². The number of cyclic esters (lactones) is 1. The van der Waals surface area contributed by atoms with Crippen molar-refractivity contribution in [3.63, 3.8) is 0 Å². The fourth-order valence-electron chi connectivity index (χ4n) is 3.73. The van der Waals surface area contributed by atoms with Crippen molar-refractivity contribution in [2.45, 2.75) is 25.7 Å². The minimum absolute atomic E-state index is 0.0636. The first-order valence-corrected chi connectivity index (χ1v) is 10.3. The van der Waals surface area contributed by atoms with Gasteiger partial charge in [-0.2, -0.15) is 0 Å². The molecule has 0 bridgehead atoms. The number of nitrogens with zero attached hydrogens (tertiary/aromatic N) is 1. The molecular formula is C27H23NO3. The van der Waals surface area contributed by atoms with E-state index < -0.39 is 5.97 Å². The minimum Gasteiger partial charge on any atom is -0.402 e. The molecule has 0 radical (unpaired) electrons. The number of esters is 1. The molecule has 1 heterocycles. The Hall–Kier alpha value is -3.79. The lowest BCUT2D eigenvalue weighted by molar-refractivity contribution is -0.130. The number of aldehydes is 1. The molecule has 3 aromatic carbocycles. The summed E-state index contributed by atoms with van der Waals surface area (Å²) < 4.78 is 5.52. The van der Waals surface area contributed by atoms with Gasteiger partial charge in [-0.3, -0.25) is 0 Å². The molecule has 0 unspecified atom stereocenters. The maximum atomic E-state index is 12.9. The van der Waals surface area contributed by atoms with E-state index in [0.717, 1.165) is 34.1 Å². The summed E-state index contributed by atoms with van der Waals surface area (Å²) in [4.78, 5) is 28.9. The smallest absolute Gasteiger partial charge is 0.364 e. The molecule has 1 aliphatic heterocycles. The first kappa shape index (κ1) is 20.5. The quantitative estimate of drug-likeness (QED) is 0.295. The summed E-state index contributed by atoms with van der Waals surface area (Å²) >= 11 is 0. The predicted molar refractivity (Wildman–Crippen MR) is 122 cm³/mol. The van der Waals surface area contributed by atoms with Crippen molar-refractivity contribution in [1.82, 2.24) is 0 Å². The lowest BCUT2D eigenvalue weighted by atomic mass is 9.86. The van der Waals surface area contributed by atoms with Crippen LogP contribution in [-0.4, -0.2) is 18.2 Å². The molecule has 0 saturated heterocycles. The van der Waals surface area contributed by atoms with Crippen LogP contribution >= 0.6 is 0 Å². The van der Waals surface area contributed by atoms with E-state index >= 15 is 0 Å². The molecule has 31 heavy (non-hydrogen) atoms. The largest absolute Gasteiger partial charge is 0.402 e. The predicted octanol–water partition coefficient (Wildman–Crippen LogP) is 5.47. The third kappa shape index (κ3) is 4.69. The zero-order valence-corrected chi connectivity index (χ0v) is 17.3. The average Bonchev–Trinajstić information content (AvgIpc) is 3.20. The fraction of sp³-hybridized carbons (Fsp3) is 0.148. The van der Waals surface area contributed by atoms with Crippen molar-refractivity contribution >= 4 is 23.7 Å². The van der Waals surface area contributed by atoms with Crippen LogP contribution in [0.25, 0.3) is 5.57 Å². The van der Waals surface area contributed by atoms with Gasteiger partial charge in [0, 0.05) is 12.0 Å². The molecule has 0 amide bonds. The molecule has 1 atom stereocenters. The second-order valence-electron chi connectivity index (χ2n) is 7.58. The standard InChI is InChI=1S/C27H23NO3/c1-19-12-14-21(15-13-19)24(18-23(16-17-29)20-8-4-2-5-9-20)25-27(30)31-26(28-25)22-10-6-3-7-11-22/h2-15,17,23H,16,18H2,1H3/b25-24-/t23-/m1/s1. The Morgan fingerprint density at radius 3 is 2.23 bits per heavy atom. The number of aliphatic imine (C=N–C) groups is 1. The van der Waals surface area contributed by atoms with Crippen LogP contribution in [0.15, 0.2) is 95.6 Å². The van der Waals surface area contributed by atoms with Gasteiger partial charge in [0.15, 0.2) is 5.70 Å². The Morgan fingerprint density at radius 2 is 1.58 bits per heavy atom. The van der Waals surface area contributed by atoms with Crippen LogP contribution in [0.3, 0.4) is 0 Å². The summed E-state index contributed by atoms with van der Waals surface area (Å²) in [7, 11) is 0. The lowest BCUT2D eigenvalue weighted by Crippen LogP contribution is -2.08. The Kier molecular flexibility index (Phi) is 6.18. The highest BCUT2D eigenvalue weighted by Gasteiger charge is 2.29. The van der Waals surface area contributed by atoms with Gasteiger partial charge in [0.05, 0.1) is 0 Å². The molecule has 0 spiro atoms. The third-order valence-electron chi connectivity index (χ3n) is 5.40. The van der Waals surface area contributed by atoms with Crippen LogP contribution in [0.1, 0.15) is 41.0 Å². The molecular weight excluding hydrogens is 386 g/mol. The van der Waals surface area contributed by atoms with E-state index in [4.69, 9.17) is 4.74 Å². The van der Waals surface area contributed by atoms with Crippen molar-refractivity contribution in [3.8, 4) is 0 Å².